The summed E-state index contributed by atoms with van der Waals surface area (Å²) in [5.41, 5.74) is 3.98. The number of hydrogen-bond donors (Lipinski definition) is 2. The Kier molecular flexibility index (Phi) is 1.44. The van der Waals surface area contributed by atoms with E-state index in [4.69, 9.17) is 5.73 Å². The average Bonchev–Trinajstić information content (AvgIpc) is 1.88. The van der Waals surface area contributed by atoms with Crippen LogP contribution in [0.1, 0.15) is 10.4 Å². The number of nitrogens with two attached hydrogens (primary N) is 1. The number of primary amides is 1. The van der Waals surface area contributed by atoms with Crippen molar-refractivity contribution in [3.8, 4) is 0 Å². The maximum absolute atomic E-state index is 10.6. The van der Waals surface area contributed by atoms with Gasteiger partial charge >= 0.3 is 0 Å². The molecule has 0 fully saturated rings. The van der Waals surface area contributed by atoms with Gasteiger partial charge in [-0.2, -0.15) is 0 Å². The van der Waals surface area contributed by atoms with E-state index in [1.807, 2.05) is 5.10 Å². The Bertz CT molecular complexity index is 304. The number of nitrogens with zero attached hydrogens (tertiary/aromatic N) is 2. The van der Waals surface area contributed by atoms with Gasteiger partial charge in [-0.1, -0.05) is 5.21 Å². The summed E-state index contributed by atoms with van der Waals surface area (Å²) in [7, 11) is 0. The highest BCUT2D eigenvalue weighted by Gasteiger charge is 2.04. The first-order valence-electron chi connectivity index (χ1n) is 2.42. The van der Waals surface area contributed by atoms with E-state index in [9.17, 15) is 9.59 Å². The predicted octanol–water partition coefficient (Wildman–Crippen LogP) is -1.74. The molecule has 1 aromatic rings. The Balaban J connectivity index is 3.29. The Hall–Kier alpha value is -1.72. The summed E-state index contributed by atoms with van der Waals surface area (Å²) in [6.07, 6.45) is 1.02. The van der Waals surface area contributed by atoms with E-state index < -0.39 is 11.5 Å². The molecule has 1 amide bonds. The molecule has 0 aliphatic carbocycles. The van der Waals surface area contributed by atoms with Crippen molar-refractivity contribution in [1.82, 2.24) is 15.4 Å². The highest BCUT2D eigenvalue weighted by Crippen LogP contribution is 1.78. The lowest BCUT2D eigenvalue weighted by molar-refractivity contribution is 0.0998. The molecule has 0 radical (unpaired) electrons. The zero-order valence-corrected chi connectivity index (χ0v) is 4.87. The number of aromatic amines is 1. The number of rotatable bonds is 1. The number of aromatic nitrogens is 3. The predicted molar refractivity (Wildman–Crippen MR) is 31.2 cm³/mol. The molecule has 0 aromatic carbocycles. The highest BCUT2D eigenvalue weighted by molar-refractivity contribution is 5.91. The molecule has 0 saturated carbocycles. The maximum atomic E-state index is 10.6. The van der Waals surface area contributed by atoms with E-state index in [1.54, 1.807) is 0 Å². The second kappa shape index (κ2) is 2.26. The maximum Gasteiger partial charge on any atom is 0.279 e. The van der Waals surface area contributed by atoms with Gasteiger partial charge in [-0.25, -0.2) is 5.10 Å². The number of hydrogen-bond acceptors (Lipinski definition) is 4. The van der Waals surface area contributed by atoms with Crippen LogP contribution in [0.15, 0.2) is 11.0 Å². The van der Waals surface area contributed by atoms with Gasteiger partial charge in [0.15, 0.2) is 0 Å². The molecule has 6 heteroatoms. The smallest absolute Gasteiger partial charge is 0.279 e. The van der Waals surface area contributed by atoms with Crippen molar-refractivity contribution < 1.29 is 4.79 Å². The highest BCUT2D eigenvalue weighted by atomic mass is 16.2. The van der Waals surface area contributed by atoms with Crippen LogP contribution in [0.25, 0.3) is 0 Å². The lowest BCUT2D eigenvalue weighted by Gasteiger charge is -1.87. The molecule has 1 aromatic heterocycles. The quantitative estimate of drug-likeness (QED) is 0.483. The summed E-state index contributed by atoms with van der Waals surface area (Å²) < 4.78 is 0. The zero-order valence-electron chi connectivity index (χ0n) is 4.87. The van der Waals surface area contributed by atoms with Gasteiger partial charge in [-0.15, -0.1) is 5.10 Å². The van der Waals surface area contributed by atoms with Crippen LogP contribution in [-0.2, 0) is 0 Å². The van der Waals surface area contributed by atoms with Crippen molar-refractivity contribution in [2.24, 2.45) is 5.73 Å². The Morgan fingerprint density at radius 2 is 2.40 bits per heavy atom. The van der Waals surface area contributed by atoms with Crippen molar-refractivity contribution in [1.29, 1.82) is 0 Å². The van der Waals surface area contributed by atoms with E-state index in [0.29, 0.717) is 0 Å². The molecule has 10 heavy (non-hydrogen) atoms. The van der Waals surface area contributed by atoms with Gasteiger partial charge in [0, 0.05) is 0 Å². The third-order valence-corrected chi connectivity index (χ3v) is 0.906. The number of nitrogens with one attached hydrogen (secondary N) is 1. The summed E-state index contributed by atoms with van der Waals surface area (Å²) in [5, 5.41) is 8.36. The summed E-state index contributed by atoms with van der Waals surface area (Å²) in [6.45, 7) is 0. The third-order valence-electron chi connectivity index (χ3n) is 0.906. The lowest BCUT2D eigenvalue weighted by atomic mass is 10.3. The fourth-order valence-corrected chi connectivity index (χ4v) is 0.455. The summed E-state index contributed by atoms with van der Waals surface area (Å²) in [4.78, 5) is 21.0. The van der Waals surface area contributed by atoms with Crippen molar-refractivity contribution in [2.75, 3.05) is 0 Å². The van der Waals surface area contributed by atoms with Crippen molar-refractivity contribution in [2.45, 2.75) is 0 Å². The molecule has 0 bridgehead atoms. The van der Waals surface area contributed by atoms with Gasteiger partial charge in [-0.3, -0.25) is 9.59 Å². The van der Waals surface area contributed by atoms with Crippen LogP contribution in [0.2, 0.25) is 0 Å². The van der Waals surface area contributed by atoms with Crippen LogP contribution in [0, 0.1) is 0 Å². The largest absolute Gasteiger partial charge is 0.365 e. The Labute approximate surface area is 55.1 Å². The Morgan fingerprint density at radius 1 is 1.70 bits per heavy atom. The standard InChI is InChI=1S/C4H4N4O2/c5-3(9)2-1-6-8-7-4(2)10/h1H,(H2,5,9)(H,6,7,10). The lowest BCUT2D eigenvalue weighted by Crippen LogP contribution is -2.24. The van der Waals surface area contributed by atoms with Crippen LogP contribution >= 0.6 is 0 Å². The Morgan fingerprint density at radius 3 is 2.80 bits per heavy atom. The van der Waals surface area contributed by atoms with Gasteiger partial charge < -0.3 is 5.73 Å². The van der Waals surface area contributed by atoms with Gasteiger partial charge in [0.05, 0.1) is 6.20 Å². The van der Waals surface area contributed by atoms with Crippen molar-refractivity contribution >= 4 is 5.91 Å². The molecular formula is C4H4N4O2. The SMILES string of the molecule is NC(=O)c1cnn[nH]c1=O. The van der Waals surface area contributed by atoms with E-state index in [2.05, 4.69) is 10.3 Å². The second-order valence-corrected chi connectivity index (χ2v) is 1.56. The van der Waals surface area contributed by atoms with E-state index in [1.165, 1.54) is 0 Å². The molecule has 0 aliphatic rings. The molecule has 6 nitrogen and oxygen atoms in total. The second-order valence-electron chi connectivity index (χ2n) is 1.56. The molecule has 3 N–H and O–H groups in total. The summed E-state index contributed by atoms with van der Waals surface area (Å²) in [5.74, 6) is -0.809. The zero-order chi connectivity index (χ0) is 7.56. The summed E-state index contributed by atoms with van der Waals surface area (Å²) in [6, 6.07) is 0. The minimum atomic E-state index is -0.809. The monoisotopic (exact) mass is 140 g/mol. The minimum Gasteiger partial charge on any atom is -0.365 e. The molecule has 0 aliphatic heterocycles. The number of amides is 1. The molecular weight excluding hydrogens is 136 g/mol. The molecule has 0 spiro atoms. The van der Waals surface area contributed by atoms with Crippen LogP contribution in [-0.4, -0.2) is 21.3 Å². The van der Waals surface area contributed by atoms with Gasteiger partial charge in [-0.05, 0) is 0 Å². The van der Waals surface area contributed by atoms with Crippen LogP contribution in [0.5, 0.6) is 0 Å². The molecule has 1 heterocycles. The fraction of sp³-hybridized carbons (Fsp3) is 0. The van der Waals surface area contributed by atoms with Crippen LogP contribution < -0.4 is 11.3 Å². The molecule has 52 valence electrons. The van der Waals surface area contributed by atoms with E-state index >= 15 is 0 Å². The van der Waals surface area contributed by atoms with E-state index in [0.717, 1.165) is 6.20 Å². The first-order chi connectivity index (χ1) is 4.72. The average molecular weight is 140 g/mol. The number of H-pyrrole nitrogens is 1. The van der Waals surface area contributed by atoms with Gasteiger partial charge in [0.2, 0.25) is 0 Å². The molecule has 1 rings (SSSR count). The van der Waals surface area contributed by atoms with Crippen molar-refractivity contribution in [3.63, 3.8) is 0 Å². The molecule has 0 saturated heterocycles. The van der Waals surface area contributed by atoms with Gasteiger partial charge in [0.1, 0.15) is 5.56 Å². The normalized spacial score (nSPS) is 9.20. The summed E-state index contributed by atoms with van der Waals surface area (Å²) >= 11 is 0. The van der Waals surface area contributed by atoms with Gasteiger partial charge in [0.25, 0.3) is 11.5 Å². The fourth-order valence-electron chi connectivity index (χ4n) is 0.455. The first-order valence-corrected chi connectivity index (χ1v) is 2.42. The third kappa shape index (κ3) is 0.993. The molecule has 0 unspecified atom stereocenters. The number of carbonyl (C=O) groups is 1. The number of carbonyl (C=O) groups excluding carboxylic acids is 1. The molecule has 0 atom stereocenters. The first kappa shape index (κ1) is 6.40. The van der Waals surface area contributed by atoms with E-state index in [-0.39, 0.29) is 5.56 Å². The van der Waals surface area contributed by atoms with Crippen molar-refractivity contribution in [3.05, 3.63) is 22.1 Å². The topological polar surface area (TPSA) is 102 Å². The minimum absolute atomic E-state index is 0.185. The van der Waals surface area contributed by atoms with Crippen LogP contribution in [0.3, 0.4) is 0 Å². The van der Waals surface area contributed by atoms with Crippen LogP contribution in [0.4, 0.5) is 0 Å².